The van der Waals surface area contributed by atoms with Crippen LogP contribution in [0.4, 0.5) is 5.69 Å². The second-order valence-corrected chi connectivity index (χ2v) is 4.45. The minimum absolute atomic E-state index is 0.0848. The molecule has 1 amide bonds. The minimum Gasteiger partial charge on any atom is -0.508 e. The number of anilines is 1. The van der Waals surface area contributed by atoms with Gasteiger partial charge in [-0.2, -0.15) is 0 Å². The first-order valence-corrected chi connectivity index (χ1v) is 6.39. The Kier molecular flexibility index (Phi) is 4.60. The van der Waals surface area contributed by atoms with E-state index in [0.717, 1.165) is 11.3 Å². The Morgan fingerprint density at radius 2 is 2.00 bits per heavy atom. The molecule has 0 atom stereocenters. The van der Waals surface area contributed by atoms with Crippen molar-refractivity contribution in [2.24, 2.45) is 0 Å². The second kappa shape index (κ2) is 6.61. The molecule has 0 heterocycles. The number of phenolic OH excluding ortho intramolecular Hbond substituents is 1. The Bertz CT molecular complexity index is 596. The highest BCUT2D eigenvalue weighted by molar-refractivity contribution is 5.91. The molecule has 0 aromatic heterocycles. The normalized spacial score (nSPS) is 10.1. The molecule has 0 aliphatic carbocycles. The summed E-state index contributed by atoms with van der Waals surface area (Å²) in [6.45, 7) is 0. The number of carbonyl (C=O) groups is 1. The molecule has 0 spiro atoms. The van der Waals surface area contributed by atoms with Crippen LogP contribution in [0.25, 0.3) is 0 Å². The molecule has 2 aromatic carbocycles. The molecule has 20 heavy (non-hydrogen) atoms. The summed E-state index contributed by atoms with van der Waals surface area (Å²) in [5, 5.41) is 12.1. The number of carbonyl (C=O) groups excluding carboxylic acids is 1. The lowest BCUT2D eigenvalue weighted by Gasteiger charge is -2.06. The van der Waals surface area contributed by atoms with Crippen molar-refractivity contribution in [3.8, 4) is 11.5 Å². The van der Waals surface area contributed by atoms with Gasteiger partial charge >= 0.3 is 0 Å². The van der Waals surface area contributed by atoms with Gasteiger partial charge in [0.15, 0.2) is 0 Å². The summed E-state index contributed by atoms with van der Waals surface area (Å²) < 4.78 is 5.14. The zero-order valence-electron chi connectivity index (χ0n) is 11.3. The summed E-state index contributed by atoms with van der Waals surface area (Å²) in [6.07, 6.45) is 1.02. The van der Waals surface area contributed by atoms with Crippen molar-refractivity contribution in [2.45, 2.75) is 12.8 Å². The third-order valence-corrected chi connectivity index (χ3v) is 2.90. The van der Waals surface area contributed by atoms with Gasteiger partial charge < -0.3 is 15.2 Å². The average Bonchev–Trinajstić information content (AvgIpc) is 2.45. The van der Waals surface area contributed by atoms with Gasteiger partial charge in [0.1, 0.15) is 11.5 Å². The van der Waals surface area contributed by atoms with Gasteiger partial charge in [0, 0.05) is 18.2 Å². The van der Waals surface area contributed by atoms with Crippen LogP contribution in [0.15, 0.2) is 48.5 Å². The molecular formula is C16H17NO3. The molecule has 2 aromatic rings. The highest BCUT2D eigenvalue weighted by Gasteiger charge is 2.04. The molecule has 0 saturated carbocycles. The Labute approximate surface area is 118 Å². The van der Waals surface area contributed by atoms with Crippen molar-refractivity contribution >= 4 is 11.6 Å². The van der Waals surface area contributed by atoms with Gasteiger partial charge in [0.2, 0.25) is 5.91 Å². The summed E-state index contributed by atoms with van der Waals surface area (Å²) in [7, 11) is 1.62. The smallest absolute Gasteiger partial charge is 0.224 e. The Hall–Kier alpha value is -2.49. The predicted molar refractivity (Wildman–Crippen MR) is 78.1 cm³/mol. The number of nitrogens with one attached hydrogen (secondary N) is 1. The first-order valence-electron chi connectivity index (χ1n) is 6.39. The van der Waals surface area contributed by atoms with Gasteiger partial charge in [0.05, 0.1) is 7.11 Å². The van der Waals surface area contributed by atoms with Crippen LogP contribution < -0.4 is 10.1 Å². The number of hydrogen-bond acceptors (Lipinski definition) is 3. The zero-order chi connectivity index (χ0) is 14.4. The van der Waals surface area contributed by atoms with Crippen LogP contribution in [0.5, 0.6) is 11.5 Å². The summed E-state index contributed by atoms with van der Waals surface area (Å²) >= 11 is 0. The number of ether oxygens (including phenoxy) is 1. The second-order valence-electron chi connectivity index (χ2n) is 4.45. The number of aryl methyl sites for hydroxylation is 1. The van der Waals surface area contributed by atoms with E-state index in [1.165, 1.54) is 6.07 Å². The van der Waals surface area contributed by atoms with E-state index >= 15 is 0 Å². The number of hydrogen-bond donors (Lipinski definition) is 2. The number of amides is 1. The molecule has 4 heteroatoms. The van der Waals surface area contributed by atoms with Gasteiger partial charge in [-0.3, -0.25) is 4.79 Å². The summed E-state index contributed by atoms with van der Waals surface area (Å²) in [5.41, 5.74) is 1.65. The number of rotatable bonds is 5. The van der Waals surface area contributed by atoms with Gasteiger partial charge in [-0.25, -0.2) is 0 Å². The topological polar surface area (TPSA) is 58.6 Å². The number of methoxy groups -OCH3 is 1. The van der Waals surface area contributed by atoms with E-state index in [4.69, 9.17) is 4.74 Å². The van der Waals surface area contributed by atoms with Crippen molar-refractivity contribution < 1.29 is 14.6 Å². The van der Waals surface area contributed by atoms with E-state index in [1.807, 2.05) is 24.3 Å². The highest BCUT2D eigenvalue weighted by atomic mass is 16.5. The molecule has 0 fully saturated rings. The number of phenols is 1. The third kappa shape index (κ3) is 4.02. The van der Waals surface area contributed by atoms with Gasteiger partial charge in [0.25, 0.3) is 0 Å². The Morgan fingerprint density at radius 3 is 2.75 bits per heavy atom. The van der Waals surface area contributed by atoms with Crippen LogP contribution in [0.3, 0.4) is 0 Å². The van der Waals surface area contributed by atoms with Crippen LogP contribution in [0, 0.1) is 0 Å². The van der Waals surface area contributed by atoms with Gasteiger partial charge in [-0.15, -0.1) is 0 Å². The molecule has 0 unspecified atom stereocenters. The molecule has 4 nitrogen and oxygen atoms in total. The van der Waals surface area contributed by atoms with Crippen LogP contribution >= 0.6 is 0 Å². The zero-order valence-corrected chi connectivity index (χ0v) is 11.3. The molecule has 0 aliphatic rings. The van der Waals surface area contributed by atoms with E-state index in [9.17, 15) is 9.90 Å². The summed E-state index contributed by atoms with van der Waals surface area (Å²) in [5.74, 6) is 0.838. The number of aromatic hydroxyl groups is 1. The van der Waals surface area contributed by atoms with Gasteiger partial charge in [-0.1, -0.05) is 18.2 Å². The van der Waals surface area contributed by atoms with Gasteiger partial charge in [-0.05, 0) is 36.2 Å². The maximum Gasteiger partial charge on any atom is 0.224 e. The first kappa shape index (κ1) is 13.9. The SMILES string of the molecule is COc1cccc(CCC(=O)Nc2cccc(O)c2)c1. The fourth-order valence-electron chi connectivity index (χ4n) is 1.89. The standard InChI is InChI=1S/C16H17NO3/c1-20-15-7-2-4-12(10-15)8-9-16(19)17-13-5-3-6-14(18)11-13/h2-7,10-11,18H,8-9H2,1H3,(H,17,19). The number of benzene rings is 2. The largest absolute Gasteiger partial charge is 0.508 e. The van der Waals surface area contributed by atoms with E-state index in [0.29, 0.717) is 18.5 Å². The fraction of sp³-hybridized carbons (Fsp3) is 0.188. The maximum atomic E-state index is 11.8. The predicted octanol–water partition coefficient (Wildman–Crippen LogP) is 2.97. The Morgan fingerprint density at radius 1 is 1.20 bits per heavy atom. The average molecular weight is 271 g/mol. The molecule has 2 N–H and O–H groups in total. The van der Waals surface area contributed by atoms with Crippen LogP contribution in [-0.2, 0) is 11.2 Å². The van der Waals surface area contributed by atoms with E-state index in [-0.39, 0.29) is 11.7 Å². The first-order chi connectivity index (χ1) is 9.67. The minimum atomic E-state index is -0.0848. The molecule has 0 radical (unpaired) electrons. The lowest BCUT2D eigenvalue weighted by molar-refractivity contribution is -0.116. The van der Waals surface area contributed by atoms with Crippen LogP contribution in [0.1, 0.15) is 12.0 Å². The summed E-state index contributed by atoms with van der Waals surface area (Å²) in [6, 6.07) is 14.2. The van der Waals surface area contributed by atoms with Crippen molar-refractivity contribution in [1.82, 2.24) is 0 Å². The lowest BCUT2D eigenvalue weighted by Crippen LogP contribution is -2.12. The highest BCUT2D eigenvalue weighted by Crippen LogP contribution is 2.17. The van der Waals surface area contributed by atoms with Crippen molar-refractivity contribution in [3.63, 3.8) is 0 Å². The molecule has 0 aliphatic heterocycles. The van der Waals surface area contributed by atoms with Crippen molar-refractivity contribution in [1.29, 1.82) is 0 Å². The van der Waals surface area contributed by atoms with E-state index < -0.39 is 0 Å². The fourth-order valence-corrected chi connectivity index (χ4v) is 1.89. The van der Waals surface area contributed by atoms with Crippen molar-refractivity contribution in [3.05, 3.63) is 54.1 Å². The van der Waals surface area contributed by atoms with E-state index in [2.05, 4.69) is 5.32 Å². The molecule has 2 rings (SSSR count). The molecule has 0 bridgehead atoms. The third-order valence-electron chi connectivity index (χ3n) is 2.90. The molecule has 104 valence electrons. The molecular weight excluding hydrogens is 254 g/mol. The quantitative estimate of drug-likeness (QED) is 0.879. The van der Waals surface area contributed by atoms with Crippen LogP contribution in [0.2, 0.25) is 0 Å². The van der Waals surface area contributed by atoms with E-state index in [1.54, 1.807) is 25.3 Å². The lowest BCUT2D eigenvalue weighted by atomic mass is 10.1. The maximum absolute atomic E-state index is 11.8. The van der Waals surface area contributed by atoms with Crippen LogP contribution in [-0.4, -0.2) is 18.1 Å². The summed E-state index contributed by atoms with van der Waals surface area (Å²) in [4.78, 5) is 11.8. The van der Waals surface area contributed by atoms with Crippen molar-refractivity contribution in [2.75, 3.05) is 12.4 Å². The monoisotopic (exact) mass is 271 g/mol. The Balaban J connectivity index is 1.88. The molecule has 0 saturated heterocycles.